The molecule has 1 heterocycles. The maximum Gasteiger partial charge on any atom is 0.328 e. The van der Waals surface area contributed by atoms with Gasteiger partial charge in [0, 0.05) is 6.08 Å². The maximum atomic E-state index is 13.0. The number of carboxylic acid groups (broad SMARTS) is 1. The van der Waals surface area contributed by atoms with Gasteiger partial charge in [-0.25, -0.2) is 9.18 Å². The summed E-state index contributed by atoms with van der Waals surface area (Å²) in [5.74, 6) is -1.33. The third-order valence-corrected chi connectivity index (χ3v) is 1.92. The Labute approximate surface area is 95.0 Å². The average molecular weight is 234 g/mol. The summed E-state index contributed by atoms with van der Waals surface area (Å²) in [4.78, 5) is 10.4. The van der Waals surface area contributed by atoms with E-state index in [-0.39, 0.29) is 5.82 Å². The quantitative estimate of drug-likeness (QED) is 0.798. The second-order valence-corrected chi connectivity index (χ2v) is 3.10. The molecule has 1 N–H and O–H groups in total. The van der Waals surface area contributed by atoms with Crippen molar-refractivity contribution >= 4 is 12.0 Å². The monoisotopic (exact) mass is 234 g/mol. The van der Waals surface area contributed by atoms with Crippen LogP contribution >= 0.6 is 0 Å². The standard InChI is InChI=1S/C10H7FN4O2/c11-7-2-1-3-8(6-7)15-9(12-13-14-15)4-5-10(16)17/h1-6H,(H,16,17)/b5-4+. The summed E-state index contributed by atoms with van der Waals surface area (Å²) in [5, 5.41) is 19.2. The number of hydrogen-bond donors (Lipinski definition) is 1. The van der Waals surface area contributed by atoms with Gasteiger partial charge in [0.1, 0.15) is 5.82 Å². The van der Waals surface area contributed by atoms with Gasteiger partial charge in [0.2, 0.25) is 0 Å². The normalized spacial score (nSPS) is 10.9. The molecule has 0 saturated heterocycles. The third-order valence-electron chi connectivity index (χ3n) is 1.92. The molecule has 0 aliphatic carbocycles. The van der Waals surface area contributed by atoms with Crippen molar-refractivity contribution in [1.82, 2.24) is 20.2 Å². The van der Waals surface area contributed by atoms with E-state index in [1.807, 2.05) is 0 Å². The third kappa shape index (κ3) is 2.51. The Hall–Kier alpha value is -2.57. The minimum atomic E-state index is -1.11. The Morgan fingerprint density at radius 1 is 1.47 bits per heavy atom. The van der Waals surface area contributed by atoms with Crippen LogP contribution in [-0.2, 0) is 4.79 Å². The van der Waals surface area contributed by atoms with Gasteiger partial charge in [-0.2, -0.15) is 4.68 Å². The lowest BCUT2D eigenvalue weighted by Gasteiger charge is -2.00. The van der Waals surface area contributed by atoms with E-state index in [1.165, 1.54) is 29.0 Å². The predicted molar refractivity (Wildman–Crippen MR) is 55.8 cm³/mol. The second-order valence-electron chi connectivity index (χ2n) is 3.10. The van der Waals surface area contributed by atoms with Gasteiger partial charge in [0.05, 0.1) is 5.69 Å². The average Bonchev–Trinajstić information content (AvgIpc) is 2.74. The van der Waals surface area contributed by atoms with Gasteiger partial charge in [-0.15, -0.1) is 5.10 Å². The fraction of sp³-hybridized carbons (Fsp3) is 0. The molecular weight excluding hydrogens is 227 g/mol. The van der Waals surface area contributed by atoms with E-state index in [0.717, 1.165) is 6.08 Å². The molecule has 86 valence electrons. The highest BCUT2D eigenvalue weighted by molar-refractivity contribution is 5.84. The fourth-order valence-electron chi connectivity index (χ4n) is 1.24. The summed E-state index contributed by atoms with van der Waals surface area (Å²) in [7, 11) is 0. The van der Waals surface area contributed by atoms with Gasteiger partial charge in [0.15, 0.2) is 5.82 Å². The van der Waals surface area contributed by atoms with Crippen molar-refractivity contribution in [2.75, 3.05) is 0 Å². The van der Waals surface area contributed by atoms with Crippen LogP contribution in [-0.4, -0.2) is 31.3 Å². The number of nitrogens with zero attached hydrogens (tertiary/aromatic N) is 4. The minimum Gasteiger partial charge on any atom is -0.478 e. The molecule has 0 bridgehead atoms. The highest BCUT2D eigenvalue weighted by Gasteiger charge is 2.06. The fourth-order valence-corrected chi connectivity index (χ4v) is 1.24. The van der Waals surface area contributed by atoms with Crippen LogP contribution in [0.2, 0.25) is 0 Å². The molecule has 0 aliphatic heterocycles. The zero-order valence-electron chi connectivity index (χ0n) is 8.49. The topological polar surface area (TPSA) is 80.9 Å². The molecule has 0 spiro atoms. The number of carboxylic acids is 1. The van der Waals surface area contributed by atoms with E-state index in [1.54, 1.807) is 6.07 Å². The number of aliphatic carboxylic acids is 1. The van der Waals surface area contributed by atoms with Crippen LogP contribution in [0.25, 0.3) is 11.8 Å². The molecule has 0 atom stereocenters. The highest BCUT2D eigenvalue weighted by atomic mass is 19.1. The summed E-state index contributed by atoms with van der Waals surface area (Å²) in [6.07, 6.45) is 2.13. The molecular formula is C10H7FN4O2. The molecule has 1 aromatic carbocycles. The van der Waals surface area contributed by atoms with Crippen LogP contribution in [0.15, 0.2) is 30.3 Å². The summed E-state index contributed by atoms with van der Waals surface area (Å²) < 4.78 is 14.2. The van der Waals surface area contributed by atoms with Crippen molar-refractivity contribution in [2.24, 2.45) is 0 Å². The molecule has 1 aromatic heterocycles. The number of carbonyl (C=O) groups is 1. The van der Waals surface area contributed by atoms with Gasteiger partial charge in [-0.05, 0) is 34.7 Å². The van der Waals surface area contributed by atoms with E-state index >= 15 is 0 Å². The molecule has 0 fully saturated rings. The van der Waals surface area contributed by atoms with Crippen LogP contribution in [0.4, 0.5) is 4.39 Å². The molecule has 0 aliphatic rings. The highest BCUT2D eigenvalue weighted by Crippen LogP contribution is 2.10. The second kappa shape index (κ2) is 4.52. The van der Waals surface area contributed by atoms with Crippen LogP contribution in [0.3, 0.4) is 0 Å². The van der Waals surface area contributed by atoms with E-state index in [0.29, 0.717) is 5.69 Å². The molecule has 2 aromatic rings. The first-order valence-corrected chi connectivity index (χ1v) is 4.62. The summed E-state index contributed by atoms with van der Waals surface area (Å²) >= 11 is 0. The van der Waals surface area contributed by atoms with E-state index in [9.17, 15) is 9.18 Å². The molecule has 0 unspecified atom stereocenters. The largest absolute Gasteiger partial charge is 0.478 e. The maximum absolute atomic E-state index is 13.0. The van der Waals surface area contributed by atoms with Crippen LogP contribution < -0.4 is 0 Å². The van der Waals surface area contributed by atoms with Gasteiger partial charge >= 0.3 is 5.97 Å². The Kier molecular flexibility index (Phi) is 2.91. The van der Waals surface area contributed by atoms with Crippen LogP contribution in [0.1, 0.15) is 5.82 Å². The Bertz CT molecular complexity index is 579. The van der Waals surface area contributed by atoms with Crippen LogP contribution in [0, 0.1) is 5.82 Å². The van der Waals surface area contributed by atoms with Crippen molar-refractivity contribution in [3.8, 4) is 5.69 Å². The van der Waals surface area contributed by atoms with Gasteiger partial charge in [-0.3, -0.25) is 0 Å². The Morgan fingerprint density at radius 3 is 3.00 bits per heavy atom. The number of rotatable bonds is 3. The number of hydrogen-bond acceptors (Lipinski definition) is 4. The number of benzene rings is 1. The minimum absolute atomic E-state index is 0.206. The molecule has 6 nitrogen and oxygen atoms in total. The summed E-state index contributed by atoms with van der Waals surface area (Å²) in [6, 6.07) is 5.66. The lowest BCUT2D eigenvalue weighted by Crippen LogP contribution is -2.00. The van der Waals surface area contributed by atoms with E-state index in [4.69, 9.17) is 5.11 Å². The van der Waals surface area contributed by atoms with Crippen LogP contribution in [0.5, 0.6) is 0 Å². The summed E-state index contributed by atoms with van der Waals surface area (Å²) in [6.45, 7) is 0. The number of tetrazole rings is 1. The molecule has 0 saturated carbocycles. The molecule has 7 heteroatoms. The van der Waals surface area contributed by atoms with Gasteiger partial charge in [0.25, 0.3) is 0 Å². The zero-order valence-corrected chi connectivity index (χ0v) is 8.49. The van der Waals surface area contributed by atoms with Crippen molar-refractivity contribution in [3.05, 3.63) is 42.0 Å². The number of halogens is 1. The predicted octanol–water partition coefficient (Wildman–Crippen LogP) is 0.899. The van der Waals surface area contributed by atoms with E-state index < -0.39 is 11.8 Å². The first kappa shape index (κ1) is 10.9. The molecule has 0 radical (unpaired) electrons. The van der Waals surface area contributed by atoms with Crippen molar-refractivity contribution in [2.45, 2.75) is 0 Å². The summed E-state index contributed by atoms with van der Waals surface area (Å²) in [5.41, 5.74) is 0.417. The number of aromatic nitrogens is 4. The van der Waals surface area contributed by atoms with Gasteiger partial charge < -0.3 is 5.11 Å². The van der Waals surface area contributed by atoms with Crippen molar-refractivity contribution < 1.29 is 14.3 Å². The molecule has 0 amide bonds. The first-order valence-electron chi connectivity index (χ1n) is 4.62. The molecule has 17 heavy (non-hydrogen) atoms. The smallest absolute Gasteiger partial charge is 0.328 e. The van der Waals surface area contributed by atoms with Crippen molar-refractivity contribution in [3.63, 3.8) is 0 Å². The van der Waals surface area contributed by atoms with E-state index in [2.05, 4.69) is 15.5 Å². The van der Waals surface area contributed by atoms with Crippen molar-refractivity contribution in [1.29, 1.82) is 0 Å². The lowest BCUT2D eigenvalue weighted by atomic mass is 10.3. The zero-order chi connectivity index (χ0) is 12.3. The Morgan fingerprint density at radius 2 is 2.29 bits per heavy atom. The van der Waals surface area contributed by atoms with Gasteiger partial charge in [-0.1, -0.05) is 6.07 Å². The SMILES string of the molecule is O=C(O)/C=C/c1nnnn1-c1cccc(F)c1. The molecule has 2 rings (SSSR count). The lowest BCUT2D eigenvalue weighted by molar-refractivity contribution is -0.131. The Balaban J connectivity index is 2.40. The first-order chi connectivity index (χ1) is 8.16.